The molecule has 1 aromatic carbocycles. The fourth-order valence-corrected chi connectivity index (χ4v) is 1.35. The number of aromatic nitrogens is 2. The maximum absolute atomic E-state index is 10.1. The Hall–Kier alpha value is -1.93. The standard InChI is InChI=1S/C9H7N3O/c1-6-3-2-4-7-8(6)9(10-5-13)12-11-7/h2-4H,1H3,(H,11,12). The minimum absolute atomic E-state index is 0.475. The SMILES string of the molecule is Cc1cccc2n[nH]c(N=C=O)c12. The summed E-state index contributed by atoms with van der Waals surface area (Å²) in [6.07, 6.45) is 1.49. The zero-order chi connectivity index (χ0) is 9.26. The van der Waals surface area contributed by atoms with Gasteiger partial charge in [-0.3, -0.25) is 5.10 Å². The summed E-state index contributed by atoms with van der Waals surface area (Å²) in [5.74, 6) is 0.475. The molecular weight excluding hydrogens is 166 g/mol. The minimum Gasteiger partial charge on any atom is -0.259 e. The molecule has 0 amide bonds. The molecule has 0 atom stereocenters. The van der Waals surface area contributed by atoms with Gasteiger partial charge in [0.05, 0.1) is 5.52 Å². The molecule has 1 heterocycles. The van der Waals surface area contributed by atoms with Crippen LogP contribution >= 0.6 is 0 Å². The van der Waals surface area contributed by atoms with E-state index in [0.29, 0.717) is 5.82 Å². The van der Waals surface area contributed by atoms with Crippen LogP contribution in [0.5, 0.6) is 0 Å². The van der Waals surface area contributed by atoms with E-state index in [0.717, 1.165) is 16.5 Å². The van der Waals surface area contributed by atoms with Crippen molar-refractivity contribution in [1.82, 2.24) is 10.2 Å². The number of hydrogen-bond acceptors (Lipinski definition) is 3. The van der Waals surface area contributed by atoms with Gasteiger partial charge >= 0.3 is 0 Å². The Kier molecular flexibility index (Phi) is 1.69. The monoisotopic (exact) mass is 173 g/mol. The van der Waals surface area contributed by atoms with Crippen LogP contribution in [0, 0.1) is 6.92 Å². The molecule has 0 fully saturated rings. The topological polar surface area (TPSA) is 58.1 Å². The maximum atomic E-state index is 10.1. The number of nitrogens with zero attached hydrogens (tertiary/aromatic N) is 2. The first-order valence-corrected chi connectivity index (χ1v) is 3.84. The number of fused-ring (bicyclic) bond motifs is 1. The van der Waals surface area contributed by atoms with Gasteiger partial charge in [-0.1, -0.05) is 12.1 Å². The van der Waals surface area contributed by atoms with Gasteiger partial charge in [0.15, 0.2) is 5.82 Å². The highest BCUT2D eigenvalue weighted by atomic mass is 16.1. The minimum atomic E-state index is 0.475. The van der Waals surface area contributed by atoms with Gasteiger partial charge in [0.25, 0.3) is 0 Å². The van der Waals surface area contributed by atoms with Crippen LogP contribution in [-0.4, -0.2) is 16.3 Å². The van der Waals surface area contributed by atoms with Crippen molar-refractivity contribution in [2.75, 3.05) is 0 Å². The Balaban J connectivity index is 2.85. The molecule has 4 heteroatoms. The third-order valence-corrected chi connectivity index (χ3v) is 1.93. The van der Waals surface area contributed by atoms with Crippen molar-refractivity contribution in [3.63, 3.8) is 0 Å². The largest absolute Gasteiger partial charge is 0.259 e. The van der Waals surface area contributed by atoms with Crippen LogP contribution in [0.1, 0.15) is 5.56 Å². The van der Waals surface area contributed by atoms with E-state index in [1.807, 2.05) is 25.1 Å². The number of nitrogens with one attached hydrogen (secondary N) is 1. The van der Waals surface area contributed by atoms with Gasteiger partial charge in [0.1, 0.15) is 0 Å². The molecule has 1 aromatic heterocycles. The van der Waals surface area contributed by atoms with E-state index in [1.54, 1.807) is 0 Å². The molecule has 13 heavy (non-hydrogen) atoms. The number of aryl methyl sites for hydroxylation is 1. The van der Waals surface area contributed by atoms with Gasteiger partial charge in [-0.25, -0.2) is 4.79 Å². The van der Waals surface area contributed by atoms with Gasteiger partial charge in [-0.15, -0.1) is 4.99 Å². The molecule has 1 N–H and O–H groups in total. The van der Waals surface area contributed by atoms with E-state index in [2.05, 4.69) is 15.2 Å². The van der Waals surface area contributed by atoms with E-state index in [1.165, 1.54) is 6.08 Å². The lowest BCUT2D eigenvalue weighted by atomic mass is 10.1. The summed E-state index contributed by atoms with van der Waals surface area (Å²) in [5, 5.41) is 7.56. The van der Waals surface area contributed by atoms with Crippen LogP contribution in [0.2, 0.25) is 0 Å². The van der Waals surface area contributed by atoms with Crippen molar-refractivity contribution in [2.24, 2.45) is 4.99 Å². The van der Waals surface area contributed by atoms with Gasteiger partial charge < -0.3 is 0 Å². The predicted molar refractivity (Wildman–Crippen MR) is 48.6 cm³/mol. The lowest BCUT2D eigenvalue weighted by molar-refractivity contribution is 0.565. The number of H-pyrrole nitrogens is 1. The molecule has 4 nitrogen and oxygen atoms in total. The van der Waals surface area contributed by atoms with Crippen LogP contribution in [0.25, 0.3) is 10.9 Å². The predicted octanol–water partition coefficient (Wildman–Crippen LogP) is 1.84. The summed E-state index contributed by atoms with van der Waals surface area (Å²) in [4.78, 5) is 13.6. The van der Waals surface area contributed by atoms with Gasteiger partial charge in [0.2, 0.25) is 6.08 Å². The number of benzene rings is 1. The van der Waals surface area contributed by atoms with Gasteiger partial charge in [-0.05, 0) is 18.6 Å². The van der Waals surface area contributed by atoms with E-state index in [-0.39, 0.29) is 0 Å². The molecule has 0 radical (unpaired) electrons. The Morgan fingerprint density at radius 1 is 1.54 bits per heavy atom. The molecule has 2 rings (SSSR count). The fraction of sp³-hybridized carbons (Fsp3) is 0.111. The average Bonchev–Trinajstić information content (AvgIpc) is 2.51. The second kappa shape index (κ2) is 2.84. The zero-order valence-electron chi connectivity index (χ0n) is 7.03. The number of aromatic amines is 1. The number of isocyanates is 1. The molecule has 0 aliphatic heterocycles. The highest BCUT2D eigenvalue weighted by molar-refractivity contribution is 5.91. The van der Waals surface area contributed by atoms with Crippen molar-refractivity contribution >= 4 is 22.8 Å². The molecule has 0 aliphatic carbocycles. The Labute approximate surface area is 74.3 Å². The van der Waals surface area contributed by atoms with Crippen molar-refractivity contribution in [3.8, 4) is 0 Å². The van der Waals surface area contributed by atoms with Crippen LogP contribution in [0.15, 0.2) is 23.2 Å². The second-order valence-corrected chi connectivity index (χ2v) is 2.74. The highest BCUT2D eigenvalue weighted by Gasteiger charge is 2.05. The highest BCUT2D eigenvalue weighted by Crippen LogP contribution is 2.25. The molecule has 0 bridgehead atoms. The van der Waals surface area contributed by atoms with E-state index in [9.17, 15) is 4.79 Å². The summed E-state index contributed by atoms with van der Waals surface area (Å²) in [6.45, 7) is 1.95. The van der Waals surface area contributed by atoms with E-state index < -0.39 is 0 Å². The van der Waals surface area contributed by atoms with Gasteiger partial charge in [0, 0.05) is 5.39 Å². The fourth-order valence-electron chi connectivity index (χ4n) is 1.35. The number of carbonyl (C=O) groups excluding carboxylic acids is 1. The van der Waals surface area contributed by atoms with E-state index in [4.69, 9.17) is 0 Å². The van der Waals surface area contributed by atoms with Gasteiger partial charge in [-0.2, -0.15) is 5.10 Å². The first-order chi connectivity index (χ1) is 6.33. The Bertz CT molecular complexity index is 495. The smallest absolute Gasteiger partial charge is 0.242 e. The maximum Gasteiger partial charge on any atom is 0.242 e. The summed E-state index contributed by atoms with van der Waals surface area (Å²) in [7, 11) is 0. The Morgan fingerprint density at radius 2 is 2.38 bits per heavy atom. The van der Waals surface area contributed by atoms with Crippen LogP contribution in [0.3, 0.4) is 0 Å². The van der Waals surface area contributed by atoms with Crippen LogP contribution in [-0.2, 0) is 4.79 Å². The molecule has 64 valence electrons. The lowest BCUT2D eigenvalue weighted by Gasteiger charge is -1.92. The molecule has 0 spiro atoms. The quantitative estimate of drug-likeness (QED) is 0.528. The van der Waals surface area contributed by atoms with Crippen LogP contribution < -0.4 is 0 Å². The summed E-state index contributed by atoms with van der Waals surface area (Å²) < 4.78 is 0. The molecular formula is C9H7N3O. The summed E-state index contributed by atoms with van der Waals surface area (Å²) in [6, 6.07) is 5.72. The number of aliphatic imine (C=N–C) groups is 1. The third kappa shape index (κ3) is 1.13. The normalized spacial score (nSPS) is 9.92. The third-order valence-electron chi connectivity index (χ3n) is 1.93. The number of rotatable bonds is 1. The average molecular weight is 173 g/mol. The summed E-state index contributed by atoms with van der Waals surface area (Å²) in [5.41, 5.74) is 1.86. The number of hydrogen-bond donors (Lipinski definition) is 1. The molecule has 0 aliphatic rings. The van der Waals surface area contributed by atoms with Crippen molar-refractivity contribution in [2.45, 2.75) is 6.92 Å². The first-order valence-electron chi connectivity index (χ1n) is 3.84. The zero-order valence-corrected chi connectivity index (χ0v) is 7.03. The second-order valence-electron chi connectivity index (χ2n) is 2.74. The van der Waals surface area contributed by atoms with Crippen molar-refractivity contribution < 1.29 is 4.79 Å². The lowest BCUT2D eigenvalue weighted by Crippen LogP contribution is -1.72. The Morgan fingerprint density at radius 3 is 3.15 bits per heavy atom. The van der Waals surface area contributed by atoms with Crippen molar-refractivity contribution in [3.05, 3.63) is 23.8 Å². The first kappa shape index (κ1) is 7.71. The van der Waals surface area contributed by atoms with Crippen LogP contribution in [0.4, 0.5) is 5.82 Å². The van der Waals surface area contributed by atoms with E-state index >= 15 is 0 Å². The molecule has 0 unspecified atom stereocenters. The van der Waals surface area contributed by atoms with Crippen molar-refractivity contribution in [1.29, 1.82) is 0 Å². The molecule has 2 aromatic rings. The molecule has 0 saturated carbocycles. The molecule has 0 saturated heterocycles. The summed E-state index contributed by atoms with van der Waals surface area (Å²) >= 11 is 0.